The molecule has 0 atom stereocenters. The van der Waals surface area contributed by atoms with Gasteiger partial charge in [-0.15, -0.1) is 5.10 Å². The van der Waals surface area contributed by atoms with Gasteiger partial charge in [0.05, 0.1) is 6.20 Å². The molecule has 0 spiro atoms. The maximum absolute atomic E-state index is 8.86. The molecule has 0 unspecified atom stereocenters. The molecule has 17 heavy (non-hydrogen) atoms. The summed E-state index contributed by atoms with van der Waals surface area (Å²) in [6, 6.07) is 10.8. The van der Waals surface area contributed by atoms with Crippen molar-refractivity contribution in [1.82, 2.24) is 10.2 Å². The largest absolute Gasteiger partial charge is 0.437 e. The van der Waals surface area contributed by atoms with Gasteiger partial charge in [0, 0.05) is 6.54 Å². The van der Waals surface area contributed by atoms with E-state index in [0.717, 1.165) is 5.56 Å². The highest BCUT2D eigenvalue weighted by Crippen LogP contribution is 2.21. The van der Waals surface area contributed by atoms with Crippen molar-refractivity contribution in [3.8, 4) is 17.7 Å². The van der Waals surface area contributed by atoms with Gasteiger partial charge in [-0.05, 0) is 23.8 Å². The second kappa shape index (κ2) is 5.05. The second-order valence-electron chi connectivity index (χ2n) is 3.31. The van der Waals surface area contributed by atoms with Crippen LogP contribution in [0.5, 0.6) is 11.6 Å². The zero-order valence-electron chi connectivity index (χ0n) is 9.00. The number of ether oxygens (including phenoxy) is 1. The van der Waals surface area contributed by atoms with Gasteiger partial charge in [-0.2, -0.15) is 10.4 Å². The molecule has 0 aliphatic carbocycles. The van der Waals surface area contributed by atoms with Crippen LogP contribution in [0.3, 0.4) is 0 Å². The van der Waals surface area contributed by atoms with Gasteiger partial charge in [0.25, 0.3) is 5.88 Å². The number of benzene rings is 1. The summed E-state index contributed by atoms with van der Waals surface area (Å²) in [5.41, 5.74) is 6.85. The normalized spacial score (nSPS) is 9.65. The first-order chi connectivity index (χ1) is 8.33. The molecule has 2 rings (SSSR count). The van der Waals surface area contributed by atoms with Crippen molar-refractivity contribution in [2.24, 2.45) is 5.73 Å². The Bertz CT molecular complexity index is 545. The van der Waals surface area contributed by atoms with Crippen molar-refractivity contribution in [3.63, 3.8) is 0 Å². The summed E-state index contributed by atoms with van der Waals surface area (Å²) in [7, 11) is 0. The van der Waals surface area contributed by atoms with Gasteiger partial charge < -0.3 is 10.5 Å². The van der Waals surface area contributed by atoms with Gasteiger partial charge in [-0.25, -0.2) is 0 Å². The van der Waals surface area contributed by atoms with Crippen molar-refractivity contribution in [1.29, 1.82) is 5.26 Å². The minimum absolute atomic E-state index is 0.204. The Morgan fingerprint density at radius 3 is 2.65 bits per heavy atom. The lowest BCUT2D eigenvalue weighted by Gasteiger charge is -2.05. The Labute approximate surface area is 98.5 Å². The Balaban J connectivity index is 2.23. The van der Waals surface area contributed by atoms with Crippen LogP contribution < -0.4 is 10.5 Å². The van der Waals surface area contributed by atoms with E-state index in [2.05, 4.69) is 10.2 Å². The molecule has 1 aromatic carbocycles. The molecule has 0 saturated heterocycles. The Kier molecular flexibility index (Phi) is 3.28. The summed E-state index contributed by atoms with van der Waals surface area (Å²) >= 11 is 0. The average molecular weight is 226 g/mol. The van der Waals surface area contributed by atoms with Crippen LogP contribution in [0.1, 0.15) is 11.1 Å². The van der Waals surface area contributed by atoms with Gasteiger partial charge >= 0.3 is 0 Å². The Morgan fingerprint density at radius 1 is 1.24 bits per heavy atom. The summed E-state index contributed by atoms with van der Waals surface area (Å²) in [4.78, 5) is 0. The quantitative estimate of drug-likeness (QED) is 0.859. The molecule has 1 heterocycles. The number of aromatic nitrogens is 2. The summed E-state index contributed by atoms with van der Waals surface area (Å²) in [6.07, 6.45) is 1.45. The first-order valence-electron chi connectivity index (χ1n) is 5.02. The molecule has 2 N–H and O–H groups in total. The van der Waals surface area contributed by atoms with E-state index in [9.17, 15) is 0 Å². The first kappa shape index (κ1) is 11.0. The Hall–Kier alpha value is -2.45. The molecule has 1 aromatic heterocycles. The lowest BCUT2D eigenvalue weighted by Crippen LogP contribution is -1.96. The molecule has 5 heteroatoms. The lowest BCUT2D eigenvalue weighted by atomic mass is 10.2. The fraction of sp³-hybridized carbons (Fsp3) is 0.0833. The smallest absolute Gasteiger partial charge is 0.256 e. The molecular formula is C12H10N4O. The Morgan fingerprint density at radius 2 is 2.00 bits per heavy atom. The number of nitrogens with zero attached hydrogens (tertiary/aromatic N) is 3. The van der Waals surface area contributed by atoms with Crippen LogP contribution in [-0.4, -0.2) is 10.2 Å². The van der Waals surface area contributed by atoms with Crippen molar-refractivity contribution in [2.45, 2.75) is 6.54 Å². The van der Waals surface area contributed by atoms with Crippen LogP contribution >= 0.6 is 0 Å². The van der Waals surface area contributed by atoms with Gasteiger partial charge in [0.15, 0.2) is 0 Å². The SMILES string of the molecule is N#Cc1ccnnc1Oc1ccc(CN)cc1. The second-order valence-corrected chi connectivity index (χ2v) is 3.31. The summed E-state index contributed by atoms with van der Waals surface area (Å²) in [6.45, 7) is 0.481. The molecule has 0 fully saturated rings. The maximum Gasteiger partial charge on any atom is 0.256 e. The highest BCUT2D eigenvalue weighted by Gasteiger charge is 2.05. The predicted octanol–water partition coefficient (Wildman–Crippen LogP) is 1.60. The number of nitriles is 1. The third-order valence-electron chi connectivity index (χ3n) is 2.18. The van der Waals surface area contributed by atoms with Gasteiger partial charge in [0.1, 0.15) is 17.4 Å². The van der Waals surface area contributed by atoms with Crippen molar-refractivity contribution >= 4 is 0 Å². The van der Waals surface area contributed by atoms with E-state index in [-0.39, 0.29) is 5.88 Å². The third-order valence-corrected chi connectivity index (χ3v) is 2.18. The molecule has 84 valence electrons. The fourth-order valence-electron chi connectivity index (χ4n) is 1.28. The average Bonchev–Trinajstić information content (AvgIpc) is 2.40. The van der Waals surface area contributed by atoms with E-state index in [4.69, 9.17) is 15.7 Å². The van der Waals surface area contributed by atoms with E-state index in [1.165, 1.54) is 6.20 Å². The minimum Gasteiger partial charge on any atom is -0.437 e. The number of hydrogen-bond acceptors (Lipinski definition) is 5. The molecule has 0 radical (unpaired) electrons. The molecule has 0 amide bonds. The van der Waals surface area contributed by atoms with Crippen molar-refractivity contribution < 1.29 is 4.74 Å². The van der Waals surface area contributed by atoms with Crippen molar-refractivity contribution in [2.75, 3.05) is 0 Å². The molecule has 2 aromatic rings. The fourth-order valence-corrected chi connectivity index (χ4v) is 1.28. The van der Waals surface area contributed by atoms with Crippen LogP contribution in [0, 0.1) is 11.3 Å². The minimum atomic E-state index is 0.204. The van der Waals surface area contributed by atoms with E-state index < -0.39 is 0 Å². The van der Waals surface area contributed by atoms with E-state index in [1.807, 2.05) is 18.2 Å². The van der Waals surface area contributed by atoms with E-state index in [0.29, 0.717) is 17.9 Å². The highest BCUT2D eigenvalue weighted by molar-refractivity contribution is 5.39. The zero-order valence-corrected chi connectivity index (χ0v) is 9.00. The molecule has 5 nitrogen and oxygen atoms in total. The lowest BCUT2D eigenvalue weighted by molar-refractivity contribution is 0.453. The molecule has 0 aliphatic heterocycles. The van der Waals surface area contributed by atoms with Crippen LogP contribution in [0.25, 0.3) is 0 Å². The monoisotopic (exact) mass is 226 g/mol. The van der Waals surface area contributed by atoms with Gasteiger partial charge in [0.2, 0.25) is 0 Å². The van der Waals surface area contributed by atoms with E-state index >= 15 is 0 Å². The number of rotatable bonds is 3. The van der Waals surface area contributed by atoms with Gasteiger partial charge in [-0.1, -0.05) is 12.1 Å². The first-order valence-corrected chi connectivity index (χ1v) is 5.02. The zero-order chi connectivity index (χ0) is 12.1. The van der Waals surface area contributed by atoms with Crippen LogP contribution in [-0.2, 0) is 6.54 Å². The standard InChI is InChI=1S/C12H10N4O/c13-7-9-1-3-11(4-2-9)17-12-10(8-14)5-6-15-16-12/h1-6H,7,13H2. The van der Waals surface area contributed by atoms with Crippen LogP contribution in [0.4, 0.5) is 0 Å². The van der Waals surface area contributed by atoms with Crippen LogP contribution in [0.2, 0.25) is 0 Å². The van der Waals surface area contributed by atoms with Gasteiger partial charge in [-0.3, -0.25) is 0 Å². The molecular weight excluding hydrogens is 216 g/mol. The maximum atomic E-state index is 8.86. The third kappa shape index (κ3) is 2.56. The predicted molar refractivity (Wildman–Crippen MR) is 61.2 cm³/mol. The van der Waals surface area contributed by atoms with E-state index in [1.54, 1.807) is 18.2 Å². The van der Waals surface area contributed by atoms with Crippen molar-refractivity contribution in [3.05, 3.63) is 47.7 Å². The summed E-state index contributed by atoms with van der Waals surface area (Å²) in [5.74, 6) is 0.801. The number of hydrogen-bond donors (Lipinski definition) is 1. The number of nitrogens with two attached hydrogens (primary N) is 1. The molecule has 0 bridgehead atoms. The highest BCUT2D eigenvalue weighted by atomic mass is 16.5. The summed E-state index contributed by atoms with van der Waals surface area (Å²) in [5, 5.41) is 16.3. The van der Waals surface area contributed by atoms with Crippen LogP contribution in [0.15, 0.2) is 36.5 Å². The summed E-state index contributed by atoms with van der Waals surface area (Å²) < 4.78 is 5.46. The molecule has 0 saturated carbocycles. The molecule has 0 aliphatic rings. The topological polar surface area (TPSA) is 84.8 Å².